The Labute approximate surface area is 276 Å². The number of nitrogens with zero attached hydrogens (tertiary/aromatic N) is 7. The maximum Gasteiger partial charge on any atom is 0.309 e. The lowest BCUT2D eigenvalue weighted by Crippen LogP contribution is -2.30. The van der Waals surface area contributed by atoms with Gasteiger partial charge in [-0.25, -0.2) is 0 Å². The molecule has 13 heteroatoms. The van der Waals surface area contributed by atoms with E-state index >= 15 is 0 Å². The molecule has 1 saturated heterocycles. The van der Waals surface area contributed by atoms with Crippen LogP contribution in [0.3, 0.4) is 0 Å². The molecule has 0 spiro atoms. The first kappa shape index (κ1) is 31.8. The Morgan fingerprint density at radius 2 is 1.89 bits per heavy atom. The molecule has 11 nitrogen and oxygen atoms in total. The molecular formula is C33H34Cl2N8O3. The number of ether oxygens (including phenoxy) is 1. The lowest BCUT2D eigenvalue weighted by molar-refractivity contribution is -0.139. The van der Waals surface area contributed by atoms with Crippen molar-refractivity contribution < 1.29 is 14.3 Å². The van der Waals surface area contributed by atoms with E-state index in [1.165, 1.54) is 37.0 Å². The molecule has 1 aliphatic carbocycles. The van der Waals surface area contributed by atoms with Gasteiger partial charge in [-0.1, -0.05) is 47.5 Å². The zero-order valence-corrected chi connectivity index (χ0v) is 26.9. The normalized spacial score (nSPS) is 17.3. The fourth-order valence-electron chi connectivity index (χ4n) is 5.85. The van der Waals surface area contributed by atoms with E-state index in [0.717, 1.165) is 43.1 Å². The van der Waals surface area contributed by atoms with E-state index in [2.05, 4.69) is 35.9 Å². The van der Waals surface area contributed by atoms with E-state index in [1.54, 1.807) is 24.3 Å². The van der Waals surface area contributed by atoms with Gasteiger partial charge in [0.15, 0.2) is 5.15 Å². The van der Waals surface area contributed by atoms with E-state index < -0.39 is 6.04 Å². The van der Waals surface area contributed by atoms with Crippen molar-refractivity contribution in [2.75, 3.05) is 26.7 Å². The molecule has 2 aromatic carbocycles. The molecule has 1 amide bonds. The molecule has 2 atom stereocenters. The fraction of sp³-hybridized carbons (Fsp3) is 0.364. The molecule has 2 fully saturated rings. The van der Waals surface area contributed by atoms with Crippen molar-refractivity contribution >= 4 is 41.2 Å². The van der Waals surface area contributed by atoms with Crippen LogP contribution in [0, 0.1) is 11.8 Å². The van der Waals surface area contributed by atoms with Gasteiger partial charge in [-0.15, -0.1) is 10.2 Å². The van der Waals surface area contributed by atoms with Crippen molar-refractivity contribution in [1.82, 2.24) is 40.6 Å². The Bertz CT molecular complexity index is 1710. The van der Waals surface area contributed by atoms with Gasteiger partial charge in [0, 0.05) is 35.3 Å². The minimum Gasteiger partial charge on any atom is -0.469 e. The molecule has 3 heterocycles. The SMILES string of the molecule is COC(=O)Cc1ccc(-c2cc([C@H](CC3CCN(CC4CC4)C3)NC(=O)/C=C/c3cc(Cl)ccc3-n3cnnn3)nnc2Cl)cc1. The second-order valence-electron chi connectivity index (χ2n) is 11.9. The lowest BCUT2D eigenvalue weighted by Gasteiger charge is -2.22. The lowest BCUT2D eigenvalue weighted by atomic mass is 9.95. The summed E-state index contributed by atoms with van der Waals surface area (Å²) in [7, 11) is 1.37. The highest BCUT2D eigenvalue weighted by atomic mass is 35.5. The van der Waals surface area contributed by atoms with E-state index in [9.17, 15) is 9.59 Å². The van der Waals surface area contributed by atoms with Gasteiger partial charge < -0.3 is 15.0 Å². The van der Waals surface area contributed by atoms with Crippen LogP contribution in [-0.4, -0.2) is 73.9 Å². The van der Waals surface area contributed by atoms with Crippen LogP contribution in [-0.2, 0) is 20.7 Å². The highest BCUT2D eigenvalue weighted by molar-refractivity contribution is 6.32. The monoisotopic (exact) mass is 660 g/mol. The largest absolute Gasteiger partial charge is 0.469 e. The van der Waals surface area contributed by atoms with E-state index in [0.29, 0.717) is 39.9 Å². The van der Waals surface area contributed by atoms with Crippen LogP contribution in [0.5, 0.6) is 0 Å². The van der Waals surface area contributed by atoms with Crippen LogP contribution < -0.4 is 5.32 Å². The van der Waals surface area contributed by atoms with Gasteiger partial charge in [-0.2, -0.15) is 9.78 Å². The fourth-order valence-corrected chi connectivity index (χ4v) is 6.24. The van der Waals surface area contributed by atoms with Crippen LogP contribution in [0.15, 0.2) is 60.9 Å². The minimum absolute atomic E-state index is 0.178. The Kier molecular flexibility index (Phi) is 10.0. The molecule has 2 aromatic heterocycles. The van der Waals surface area contributed by atoms with Crippen molar-refractivity contribution in [2.45, 2.75) is 38.1 Å². The first-order valence-electron chi connectivity index (χ1n) is 15.3. The molecule has 1 saturated carbocycles. The first-order chi connectivity index (χ1) is 22.3. The first-order valence-corrected chi connectivity index (χ1v) is 16.0. The third-order valence-corrected chi connectivity index (χ3v) is 8.95. The Morgan fingerprint density at radius 3 is 2.63 bits per heavy atom. The summed E-state index contributed by atoms with van der Waals surface area (Å²) in [5.74, 6) is 0.625. The number of rotatable bonds is 12. The number of methoxy groups -OCH3 is 1. The number of tetrazole rings is 1. The third-order valence-electron chi connectivity index (χ3n) is 8.43. The van der Waals surface area contributed by atoms with Crippen LogP contribution >= 0.6 is 23.2 Å². The number of nitrogens with one attached hydrogen (secondary N) is 1. The Balaban J connectivity index is 1.24. The number of likely N-dealkylation sites (tertiary alicyclic amines) is 1. The Hall–Kier alpha value is -4.19. The maximum atomic E-state index is 13.4. The number of halogens is 2. The van der Waals surface area contributed by atoms with Gasteiger partial charge in [0.2, 0.25) is 5.91 Å². The van der Waals surface area contributed by atoms with Crippen LogP contribution in [0.1, 0.15) is 48.5 Å². The van der Waals surface area contributed by atoms with Crippen molar-refractivity contribution in [3.63, 3.8) is 0 Å². The van der Waals surface area contributed by atoms with Crippen molar-refractivity contribution in [1.29, 1.82) is 0 Å². The quantitative estimate of drug-likeness (QED) is 0.162. The second-order valence-corrected chi connectivity index (χ2v) is 12.7. The highest BCUT2D eigenvalue weighted by Crippen LogP contribution is 2.35. The molecule has 238 valence electrons. The van der Waals surface area contributed by atoms with E-state index in [4.69, 9.17) is 27.9 Å². The van der Waals surface area contributed by atoms with Crippen LogP contribution in [0.2, 0.25) is 10.2 Å². The molecular weight excluding hydrogens is 627 g/mol. The Morgan fingerprint density at radius 1 is 1.07 bits per heavy atom. The summed E-state index contributed by atoms with van der Waals surface area (Å²) < 4.78 is 6.29. The molecule has 1 N–H and O–H groups in total. The molecule has 1 unspecified atom stereocenters. The predicted octanol–water partition coefficient (Wildman–Crippen LogP) is 5.13. The highest BCUT2D eigenvalue weighted by Gasteiger charge is 2.31. The predicted molar refractivity (Wildman–Crippen MR) is 174 cm³/mol. The number of esters is 1. The molecule has 6 rings (SSSR count). The number of amides is 1. The number of aromatic nitrogens is 6. The van der Waals surface area contributed by atoms with Crippen molar-refractivity contribution in [3.05, 3.63) is 87.9 Å². The van der Waals surface area contributed by atoms with Crippen LogP contribution in [0.25, 0.3) is 22.9 Å². The average molecular weight is 662 g/mol. The van der Waals surface area contributed by atoms with Crippen molar-refractivity contribution in [3.8, 4) is 16.8 Å². The summed E-state index contributed by atoms with van der Waals surface area (Å²) in [5, 5.41) is 24.1. The summed E-state index contributed by atoms with van der Waals surface area (Å²) in [6.07, 6.45) is 9.24. The zero-order chi connectivity index (χ0) is 32.0. The number of hydrogen-bond acceptors (Lipinski definition) is 9. The number of carbonyl (C=O) groups is 2. The summed E-state index contributed by atoms with van der Waals surface area (Å²) in [5.41, 5.74) is 4.33. The van der Waals surface area contributed by atoms with Gasteiger partial charge >= 0.3 is 5.97 Å². The van der Waals surface area contributed by atoms with Gasteiger partial charge in [0.25, 0.3) is 0 Å². The standard InChI is InChI=1S/C33H34Cl2N8O3/c1-46-32(45)15-21-4-6-24(7-5-21)27-17-29(38-39-33(27)35)28(14-23-12-13-42(19-23)18-22-2-3-22)37-31(44)11-8-25-16-26(34)9-10-30(25)43-20-36-40-41-43/h4-11,16-17,20,22-23,28H,2-3,12-15,18-19H2,1H3,(H,37,44)/b11-8+/t23?,28-/m0/s1. The van der Waals surface area contributed by atoms with Crippen LogP contribution in [0.4, 0.5) is 0 Å². The van der Waals surface area contributed by atoms with Gasteiger partial charge in [0.1, 0.15) is 6.33 Å². The van der Waals surface area contributed by atoms with E-state index in [-0.39, 0.29) is 23.5 Å². The molecule has 1 aliphatic heterocycles. The summed E-state index contributed by atoms with van der Waals surface area (Å²) in [6, 6.07) is 14.3. The smallest absolute Gasteiger partial charge is 0.309 e. The topological polar surface area (TPSA) is 128 Å². The number of benzene rings is 2. The number of hydrogen-bond donors (Lipinski definition) is 1. The maximum absolute atomic E-state index is 13.4. The summed E-state index contributed by atoms with van der Waals surface area (Å²) in [4.78, 5) is 27.7. The number of carbonyl (C=O) groups excluding carboxylic acids is 2. The molecule has 4 aromatic rings. The second kappa shape index (κ2) is 14.5. The van der Waals surface area contributed by atoms with E-state index in [1.807, 2.05) is 30.3 Å². The minimum atomic E-state index is -0.400. The molecule has 46 heavy (non-hydrogen) atoms. The average Bonchev–Trinajstić information content (AvgIpc) is 3.49. The van der Waals surface area contributed by atoms with Gasteiger partial charge in [-0.05, 0) is 96.0 Å². The van der Waals surface area contributed by atoms with Crippen molar-refractivity contribution in [2.24, 2.45) is 11.8 Å². The summed E-state index contributed by atoms with van der Waals surface area (Å²) in [6.45, 7) is 3.20. The zero-order valence-electron chi connectivity index (χ0n) is 25.4. The van der Waals surface area contributed by atoms with Gasteiger partial charge in [-0.3, -0.25) is 9.59 Å². The third kappa shape index (κ3) is 8.14. The molecule has 2 aliphatic rings. The summed E-state index contributed by atoms with van der Waals surface area (Å²) >= 11 is 12.8. The molecule has 0 bridgehead atoms. The van der Waals surface area contributed by atoms with Gasteiger partial charge in [0.05, 0.1) is 31.0 Å². The molecule has 0 radical (unpaired) electrons.